The van der Waals surface area contributed by atoms with E-state index in [0.717, 1.165) is 29.3 Å². The fourth-order valence-corrected chi connectivity index (χ4v) is 5.06. The van der Waals surface area contributed by atoms with Crippen molar-refractivity contribution in [3.63, 3.8) is 0 Å². The van der Waals surface area contributed by atoms with E-state index in [1.54, 1.807) is 0 Å². The fourth-order valence-electron chi connectivity index (χ4n) is 4.93. The molecule has 17 heavy (non-hydrogen) atoms. The van der Waals surface area contributed by atoms with E-state index in [4.69, 9.17) is 17.5 Å². The zero-order valence-corrected chi connectivity index (χ0v) is 11.1. The highest BCUT2D eigenvalue weighted by Gasteiger charge is 2.50. The van der Waals surface area contributed by atoms with E-state index in [9.17, 15) is 0 Å². The molecule has 0 atom stereocenters. The van der Waals surface area contributed by atoms with Crippen LogP contribution in [0.25, 0.3) is 0 Å². The third-order valence-corrected chi connectivity index (χ3v) is 5.35. The van der Waals surface area contributed by atoms with Crippen molar-refractivity contribution in [3.05, 3.63) is 0 Å². The maximum atomic E-state index is 8.62. The summed E-state index contributed by atoms with van der Waals surface area (Å²) in [6, 6.07) is 2.12. The summed E-state index contributed by atoms with van der Waals surface area (Å²) in [5, 5.41) is 12.0. The first-order valence-corrected chi connectivity index (χ1v) is 7.24. The van der Waals surface area contributed by atoms with E-state index in [-0.39, 0.29) is 0 Å². The van der Waals surface area contributed by atoms with Crippen LogP contribution in [0.1, 0.15) is 44.9 Å². The van der Waals surface area contributed by atoms with Crippen molar-refractivity contribution in [2.45, 2.75) is 44.9 Å². The molecule has 2 nitrogen and oxygen atoms in total. The molecule has 4 saturated carbocycles. The first kappa shape index (κ1) is 11.5. The number of hydrogen-bond donors (Lipinski definition) is 1. The number of nitrogens with zero attached hydrogens (tertiary/aromatic N) is 1. The van der Waals surface area contributed by atoms with Crippen LogP contribution in [0.15, 0.2) is 0 Å². The molecule has 0 amide bonds. The predicted molar refractivity (Wildman–Crippen MR) is 71.4 cm³/mol. The van der Waals surface area contributed by atoms with Crippen molar-refractivity contribution in [1.29, 1.82) is 5.26 Å². The van der Waals surface area contributed by atoms with Crippen molar-refractivity contribution >= 4 is 17.2 Å². The average Bonchev–Trinajstić information content (AvgIpc) is 2.25. The van der Waals surface area contributed by atoms with Gasteiger partial charge in [0.05, 0.1) is 17.5 Å². The lowest BCUT2D eigenvalue weighted by atomic mass is 9.49. The average molecular weight is 248 g/mol. The van der Waals surface area contributed by atoms with Gasteiger partial charge in [-0.25, -0.2) is 0 Å². The molecule has 0 radical (unpaired) electrons. The van der Waals surface area contributed by atoms with E-state index in [2.05, 4.69) is 11.4 Å². The van der Waals surface area contributed by atoms with Crippen LogP contribution in [0.2, 0.25) is 0 Å². The largest absolute Gasteiger partial charge is 0.378 e. The molecule has 1 N–H and O–H groups in total. The van der Waals surface area contributed by atoms with Gasteiger partial charge in [0.2, 0.25) is 0 Å². The molecular formula is C14H20N2S. The molecule has 0 aliphatic heterocycles. The molecule has 4 aliphatic carbocycles. The number of thiocarbonyl (C=S) groups is 1. The molecule has 0 aromatic carbocycles. The molecule has 3 heteroatoms. The van der Waals surface area contributed by atoms with Gasteiger partial charge in [-0.05, 0) is 61.7 Å². The summed E-state index contributed by atoms with van der Waals surface area (Å²) in [7, 11) is 0. The van der Waals surface area contributed by atoms with Crippen LogP contribution in [-0.2, 0) is 0 Å². The Labute approximate surface area is 109 Å². The molecule has 4 fully saturated rings. The van der Waals surface area contributed by atoms with Gasteiger partial charge >= 0.3 is 0 Å². The molecule has 0 heterocycles. The molecule has 0 unspecified atom stereocenters. The lowest BCUT2D eigenvalue weighted by molar-refractivity contribution is -0.0490. The summed E-state index contributed by atoms with van der Waals surface area (Å²) in [4.78, 5) is 0.739. The summed E-state index contributed by atoms with van der Waals surface area (Å²) in [5.74, 6) is 2.98. The Morgan fingerprint density at radius 3 is 2.18 bits per heavy atom. The molecule has 0 saturated heterocycles. The Bertz CT molecular complexity index is 334. The molecule has 0 aromatic rings. The highest BCUT2D eigenvalue weighted by Crippen LogP contribution is 2.59. The van der Waals surface area contributed by atoms with Gasteiger partial charge in [-0.3, -0.25) is 0 Å². The molecule has 4 bridgehead atoms. The third-order valence-electron chi connectivity index (χ3n) is 5.07. The van der Waals surface area contributed by atoms with Crippen molar-refractivity contribution in [3.8, 4) is 6.07 Å². The van der Waals surface area contributed by atoms with Gasteiger partial charge in [-0.1, -0.05) is 12.2 Å². The van der Waals surface area contributed by atoms with Crippen LogP contribution in [0.4, 0.5) is 0 Å². The smallest absolute Gasteiger partial charge is 0.0896 e. The van der Waals surface area contributed by atoms with E-state index in [0.29, 0.717) is 11.8 Å². The van der Waals surface area contributed by atoms with Gasteiger partial charge in [-0.15, -0.1) is 0 Å². The van der Waals surface area contributed by atoms with E-state index < -0.39 is 0 Å². The second-order valence-electron chi connectivity index (χ2n) is 6.53. The van der Waals surface area contributed by atoms with Crippen molar-refractivity contribution in [2.75, 3.05) is 6.54 Å². The summed E-state index contributed by atoms with van der Waals surface area (Å²) in [6.07, 6.45) is 9.05. The first-order valence-electron chi connectivity index (χ1n) is 6.83. The van der Waals surface area contributed by atoms with Crippen LogP contribution in [-0.4, -0.2) is 11.5 Å². The number of rotatable bonds is 3. The Kier molecular flexibility index (Phi) is 2.86. The van der Waals surface area contributed by atoms with Gasteiger partial charge in [-0.2, -0.15) is 5.26 Å². The first-order chi connectivity index (χ1) is 8.19. The second-order valence-corrected chi connectivity index (χ2v) is 7.02. The van der Waals surface area contributed by atoms with E-state index in [1.807, 2.05) is 0 Å². The van der Waals surface area contributed by atoms with Crippen LogP contribution in [0.3, 0.4) is 0 Å². The molecule has 0 aromatic heterocycles. The SMILES string of the molecule is N#CCC(=S)NCC12CC3CC(CC(C3)C1)C2. The van der Waals surface area contributed by atoms with Crippen LogP contribution >= 0.6 is 12.2 Å². The van der Waals surface area contributed by atoms with Crippen LogP contribution in [0.5, 0.6) is 0 Å². The van der Waals surface area contributed by atoms with Gasteiger partial charge < -0.3 is 5.32 Å². The second kappa shape index (κ2) is 4.24. The van der Waals surface area contributed by atoms with Crippen LogP contribution in [0, 0.1) is 34.5 Å². The van der Waals surface area contributed by atoms with Gasteiger partial charge in [0, 0.05) is 6.54 Å². The topological polar surface area (TPSA) is 35.8 Å². The van der Waals surface area contributed by atoms with Gasteiger partial charge in [0.25, 0.3) is 0 Å². The summed E-state index contributed by atoms with van der Waals surface area (Å²) >= 11 is 5.17. The molecule has 4 rings (SSSR count). The summed E-state index contributed by atoms with van der Waals surface area (Å²) in [5.41, 5.74) is 0.522. The monoisotopic (exact) mass is 248 g/mol. The highest BCUT2D eigenvalue weighted by atomic mass is 32.1. The third kappa shape index (κ3) is 2.20. The quantitative estimate of drug-likeness (QED) is 0.780. The maximum Gasteiger partial charge on any atom is 0.0896 e. The molecular weight excluding hydrogens is 228 g/mol. The van der Waals surface area contributed by atoms with E-state index >= 15 is 0 Å². The van der Waals surface area contributed by atoms with Crippen molar-refractivity contribution < 1.29 is 0 Å². The summed E-state index contributed by atoms with van der Waals surface area (Å²) in [6.45, 7) is 1.02. The van der Waals surface area contributed by atoms with E-state index in [1.165, 1.54) is 38.5 Å². The lowest BCUT2D eigenvalue weighted by Gasteiger charge is -2.57. The zero-order valence-electron chi connectivity index (χ0n) is 10.2. The highest BCUT2D eigenvalue weighted by molar-refractivity contribution is 7.80. The normalized spacial score (nSPS) is 42.2. The Hall–Kier alpha value is -0.620. The minimum atomic E-state index is 0.377. The van der Waals surface area contributed by atoms with Gasteiger partial charge in [0.1, 0.15) is 0 Å². The maximum absolute atomic E-state index is 8.62. The number of nitriles is 1. The number of nitrogens with one attached hydrogen (secondary N) is 1. The minimum absolute atomic E-state index is 0.377. The molecule has 0 spiro atoms. The van der Waals surface area contributed by atoms with Crippen molar-refractivity contribution in [1.82, 2.24) is 5.32 Å². The molecule has 92 valence electrons. The fraction of sp³-hybridized carbons (Fsp3) is 0.857. The van der Waals surface area contributed by atoms with Crippen LogP contribution < -0.4 is 5.32 Å². The summed E-state index contributed by atoms with van der Waals surface area (Å²) < 4.78 is 0. The van der Waals surface area contributed by atoms with Gasteiger partial charge in [0.15, 0.2) is 0 Å². The Balaban J connectivity index is 1.63. The lowest BCUT2D eigenvalue weighted by Crippen LogP contribution is -2.51. The van der Waals surface area contributed by atoms with Crippen molar-refractivity contribution in [2.24, 2.45) is 23.2 Å². The number of hydrogen-bond acceptors (Lipinski definition) is 2. The Morgan fingerprint density at radius 1 is 1.18 bits per heavy atom. The Morgan fingerprint density at radius 2 is 1.71 bits per heavy atom. The predicted octanol–water partition coefficient (Wildman–Crippen LogP) is 3.03. The molecule has 4 aliphatic rings. The minimum Gasteiger partial charge on any atom is -0.378 e. The zero-order chi connectivity index (χ0) is 11.9. The standard InChI is InChI=1S/C14H20N2S/c15-2-1-13(17)16-9-14-6-10-3-11(7-14)5-12(4-10)8-14/h10-12H,1,3-9H2,(H,16,17).